The number of nitrogens with zero attached hydrogens (tertiary/aromatic N) is 1. The Labute approximate surface area is 167 Å². The number of carbonyl (C=O) groups is 1. The third-order valence-electron chi connectivity index (χ3n) is 4.39. The Bertz CT molecular complexity index is 1200. The molecule has 1 saturated heterocycles. The highest BCUT2D eigenvalue weighted by Crippen LogP contribution is 2.28. The number of nitrogens with one attached hydrogen (secondary N) is 1. The van der Waals surface area contributed by atoms with Gasteiger partial charge in [-0.25, -0.2) is 16.8 Å². The molecule has 3 rings (SSSR count). The number of benzene rings is 2. The summed E-state index contributed by atoms with van der Waals surface area (Å²) in [5.74, 6) is -1.25. The maximum absolute atomic E-state index is 12.8. The highest BCUT2D eigenvalue weighted by molar-refractivity contribution is 7.96. The SMILES string of the molecule is N#Cc1cccc(NC(=O)c2cc(S(=O)(=O)C3CCS(=O)(=O)C3)ccc2Cl)c1. The zero-order chi connectivity index (χ0) is 20.5. The lowest BCUT2D eigenvalue weighted by atomic mass is 10.2. The van der Waals surface area contributed by atoms with E-state index >= 15 is 0 Å². The van der Waals surface area contributed by atoms with E-state index in [1.54, 1.807) is 18.2 Å². The van der Waals surface area contributed by atoms with Crippen molar-refractivity contribution in [2.24, 2.45) is 0 Å². The van der Waals surface area contributed by atoms with E-state index in [0.29, 0.717) is 11.3 Å². The van der Waals surface area contributed by atoms with E-state index in [1.165, 1.54) is 18.2 Å². The van der Waals surface area contributed by atoms with Crippen LogP contribution in [0.5, 0.6) is 0 Å². The summed E-state index contributed by atoms with van der Waals surface area (Å²) in [6.45, 7) is 0. The number of anilines is 1. The smallest absolute Gasteiger partial charge is 0.257 e. The second-order valence-electron chi connectivity index (χ2n) is 6.36. The van der Waals surface area contributed by atoms with Crippen molar-refractivity contribution in [2.75, 3.05) is 16.8 Å². The second-order valence-corrected chi connectivity index (χ2v) is 11.2. The Balaban J connectivity index is 1.91. The molecule has 1 heterocycles. The van der Waals surface area contributed by atoms with Gasteiger partial charge in [0, 0.05) is 5.69 Å². The van der Waals surface area contributed by atoms with Crippen LogP contribution >= 0.6 is 11.6 Å². The summed E-state index contributed by atoms with van der Waals surface area (Å²) in [6.07, 6.45) is 0.0236. The van der Waals surface area contributed by atoms with Crippen LogP contribution in [0.2, 0.25) is 5.02 Å². The molecule has 2 aromatic carbocycles. The number of halogens is 1. The van der Waals surface area contributed by atoms with Gasteiger partial charge in [-0.05, 0) is 42.8 Å². The van der Waals surface area contributed by atoms with Crippen molar-refractivity contribution in [3.05, 3.63) is 58.6 Å². The summed E-state index contributed by atoms with van der Waals surface area (Å²) in [5, 5.41) is 10.5. The summed E-state index contributed by atoms with van der Waals surface area (Å²) in [6, 6.07) is 11.9. The van der Waals surface area contributed by atoms with Gasteiger partial charge < -0.3 is 5.32 Å². The zero-order valence-corrected chi connectivity index (χ0v) is 16.8. The van der Waals surface area contributed by atoms with Crippen LogP contribution in [0.3, 0.4) is 0 Å². The van der Waals surface area contributed by atoms with E-state index in [1.807, 2.05) is 6.07 Å². The highest BCUT2D eigenvalue weighted by Gasteiger charge is 2.38. The van der Waals surface area contributed by atoms with Gasteiger partial charge in [-0.1, -0.05) is 17.7 Å². The van der Waals surface area contributed by atoms with Crippen molar-refractivity contribution in [3.63, 3.8) is 0 Å². The van der Waals surface area contributed by atoms with Crippen molar-refractivity contribution in [1.29, 1.82) is 5.26 Å². The third kappa shape index (κ3) is 4.19. The van der Waals surface area contributed by atoms with Crippen molar-refractivity contribution >= 4 is 42.9 Å². The molecule has 0 aliphatic carbocycles. The molecule has 1 aliphatic rings. The van der Waals surface area contributed by atoms with Crippen LogP contribution < -0.4 is 5.32 Å². The molecule has 1 amide bonds. The van der Waals surface area contributed by atoms with Gasteiger partial charge in [-0.15, -0.1) is 0 Å². The number of hydrogen-bond donors (Lipinski definition) is 1. The largest absolute Gasteiger partial charge is 0.322 e. The first-order chi connectivity index (χ1) is 13.1. The number of nitriles is 1. The van der Waals surface area contributed by atoms with Gasteiger partial charge in [-0.2, -0.15) is 5.26 Å². The Morgan fingerprint density at radius 3 is 2.61 bits per heavy atom. The third-order valence-corrected chi connectivity index (χ3v) is 8.89. The molecule has 1 unspecified atom stereocenters. The Hall–Kier alpha value is -2.41. The lowest BCUT2D eigenvalue weighted by Crippen LogP contribution is -2.23. The zero-order valence-electron chi connectivity index (χ0n) is 14.4. The summed E-state index contributed by atoms with van der Waals surface area (Å²) in [5.41, 5.74) is 0.642. The first kappa shape index (κ1) is 20.3. The molecule has 0 saturated carbocycles. The standard InChI is InChI=1S/C18H15ClN2O5S2/c19-17-5-4-14(28(25,26)15-6-7-27(23,24)11-15)9-16(17)18(22)21-13-3-1-2-12(8-13)10-20/h1-5,8-9,15H,6-7,11H2,(H,21,22). The monoisotopic (exact) mass is 438 g/mol. The van der Waals surface area contributed by atoms with Crippen LogP contribution in [0.1, 0.15) is 22.3 Å². The molecule has 0 spiro atoms. The Kier molecular flexibility index (Phi) is 5.48. The quantitative estimate of drug-likeness (QED) is 0.782. The molecular formula is C18H15ClN2O5S2. The number of carbonyl (C=O) groups excluding carboxylic acids is 1. The molecule has 0 aromatic heterocycles. The molecule has 1 aliphatic heterocycles. The van der Waals surface area contributed by atoms with Crippen molar-refractivity contribution < 1.29 is 21.6 Å². The van der Waals surface area contributed by atoms with Crippen LogP contribution in [-0.2, 0) is 19.7 Å². The fourth-order valence-electron chi connectivity index (χ4n) is 2.92. The molecule has 0 bridgehead atoms. The Morgan fingerprint density at radius 2 is 1.96 bits per heavy atom. The minimum absolute atomic E-state index is 0.0236. The minimum atomic E-state index is -3.93. The molecular weight excluding hydrogens is 424 g/mol. The number of amides is 1. The number of sulfone groups is 2. The van der Waals surface area contributed by atoms with Gasteiger partial charge in [0.1, 0.15) is 0 Å². The normalized spacial score (nSPS) is 18.4. The molecule has 0 radical (unpaired) electrons. The van der Waals surface area contributed by atoms with E-state index in [2.05, 4.69) is 5.32 Å². The lowest BCUT2D eigenvalue weighted by molar-refractivity contribution is 0.102. The minimum Gasteiger partial charge on any atom is -0.322 e. The Morgan fingerprint density at radius 1 is 1.21 bits per heavy atom. The van der Waals surface area contributed by atoms with E-state index in [4.69, 9.17) is 16.9 Å². The number of hydrogen-bond acceptors (Lipinski definition) is 6. The topological polar surface area (TPSA) is 121 Å². The molecule has 28 heavy (non-hydrogen) atoms. The van der Waals surface area contributed by atoms with Crippen LogP contribution in [0.25, 0.3) is 0 Å². The fourth-order valence-corrected chi connectivity index (χ4v) is 7.51. The molecule has 1 atom stereocenters. The molecule has 1 fully saturated rings. The van der Waals surface area contributed by atoms with Gasteiger partial charge in [0.05, 0.1) is 43.9 Å². The van der Waals surface area contributed by atoms with Crippen LogP contribution in [0, 0.1) is 11.3 Å². The van der Waals surface area contributed by atoms with Crippen LogP contribution in [0.15, 0.2) is 47.4 Å². The van der Waals surface area contributed by atoms with Gasteiger partial charge >= 0.3 is 0 Å². The first-order valence-electron chi connectivity index (χ1n) is 8.18. The molecule has 1 N–H and O–H groups in total. The van der Waals surface area contributed by atoms with E-state index in [9.17, 15) is 21.6 Å². The average Bonchev–Trinajstić information content (AvgIpc) is 3.02. The predicted molar refractivity (Wildman–Crippen MR) is 105 cm³/mol. The molecule has 2 aromatic rings. The predicted octanol–water partition coefficient (Wildman–Crippen LogP) is 2.42. The number of rotatable bonds is 4. The van der Waals surface area contributed by atoms with Crippen molar-refractivity contribution in [1.82, 2.24) is 0 Å². The van der Waals surface area contributed by atoms with Gasteiger partial charge in [0.2, 0.25) is 0 Å². The van der Waals surface area contributed by atoms with Gasteiger partial charge in [0.15, 0.2) is 19.7 Å². The highest BCUT2D eigenvalue weighted by atomic mass is 35.5. The molecule has 7 nitrogen and oxygen atoms in total. The molecule has 10 heteroatoms. The fraction of sp³-hybridized carbons (Fsp3) is 0.222. The lowest BCUT2D eigenvalue weighted by Gasteiger charge is -2.13. The van der Waals surface area contributed by atoms with E-state index < -0.39 is 36.6 Å². The van der Waals surface area contributed by atoms with Crippen LogP contribution in [0.4, 0.5) is 5.69 Å². The van der Waals surface area contributed by atoms with E-state index in [-0.39, 0.29) is 27.7 Å². The maximum atomic E-state index is 12.8. The molecule has 146 valence electrons. The van der Waals surface area contributed by atoms with Gasteiger partial charge in [0.25, 0.3) is 5.91 Å². The van der Waals surface area contributed by atoms with Gasteiger partial charge in [-0.3, -0.25) is 4.79 Å². The van der Waals surface area contributed by atoms with E-state index in [0.717, 1.165) is 6.07 Å². The second kappa shape index (κ2) is 7.54. The summed E-state index contributed by atoms with van der Waals surface area (Å²) < 4.78 is 48.8. The maximum Gasteiger partial charge on any atom is 0.257 e. The van der Waals surface area contributed by atoms with Crippen LogP contribution in [-0.4, -0.2) is 39.5 Å². The summed E-state index contributed by atoms with van der Waals surface area (Å²) in [4.78, 5) is 12.4. The first-order valence-corrected chi connectivity index (χ1v) is 11.9. The van der Waals surface area contributed by atoms with Crippen molar-refractivity contribution in [3.8, 4) is 6.07 Å². The summed E-state index contributed by atoms with van der Waals surface area (Å²) in [7, 11) is -7.31. The summed E-state index contributed by atoms with van der Waals surface area (Å²) >= 11 is 6.07. The van der Waals surface area contributed by atoms with Crippen molar-refractivity contribution in [2.45, 2.75) is 16.6 Å². The average molecular weight is 439 g/mol.